The third-order valence-electron chi connectivity index (χ3n) is 5.63. The zero-order valence-electron chi connectivity index (χ0n) is 17.5. The minimum Gasteiger partial charge on any atom is -0.379 e. The third kappa shape index (κ3) is 4.64. The molecule has 2 aromatic heterocycles. The summed E-state index contributed by atoms with van der Waals surface area (Å²) in [7, 11) is 0. The lowest BCUT2D eigenvalue weighted by Crippen LogP contribution is -2.43. The maximum Gasteiger partial charge on any atom is 0.224 e. The number of aryl methyl sites for hydroxylation is 1. The Labute approximate surface area is 181 Å². The predicted octanol–water partition coefficient (Wildman–Crippen LogP) is 3.28. The second kappa shape index (κ2) is 9.55. The maximum absolute atomic E-state index is 12.8. The van der Waals surface area contributed by atoms with E-state index < -0.39 is 0 Å². The van der Waals surface area contributed by atoms with E-state index in [1.54, 1.807) is 11.3 Å². The van der Waals surface area contributed by atoms with Gasteiger partial charge in [0.15, 0.2) is 0 Å². The standard InChI is InChI=1S/C23H28N4O2S/c1-17-20(18(2)27(25-17)19-7-4-3-5-8-19)15-23(28)24-16-21(22-9-6-14-30-22)26-10-12-29-13-11-26/h3-9,14,21H,10-13,15-16H2,1-2H3,(H,24,28). The molecule has 1 saturated heterocycles. The van der Waals surface area contributed by atoms with Crippen LogP contribution in [0.15, 0.2) is 47.8 Å². The van der Waals surface area contributed by atoms with E-state index in [2.05, 4.69) is 32.8 Å². The SMILES string of the molecule is Cc1nn(-c2ccccc2)c(C)c1CC(=O)NCC(c1cccs1)N1CCOCC1. The number of carbonyl (C=O) groups is 1. The van der Waals surface area contributed by atoms with Crippen LogP contribution in [0, 0.1) is 13.8 Å². The van der Waals surface area contributed by atoms with Gasteiger partial charge in [-0.1, -0.05) is 24.3 Å². The minimum absolute atomic E-state index is 0.0311. The van der Waals surface area contributed by atoms with Crippen molar-refractivity contribution in [2.75, 3.05) is 32.8 Å². The molecule has 0 aliphatic carbocycles. The van der Waals surface area contributed by atoms with Crippen LogP contribution in [0.3, 0.4) is 0 Å². The number of rotatable bonds is 7. The monoisotopic (exact) mass is 424 g/mol. The fourth-order valence-electron chi connectivity index (χ4n) is 3.96. The summed E-state index contributed by atoms with van der Waals surface area (Å²) in [6, 6.07) is 14.4. The maximum atomic E-state index is 12.8. The molecule has 1 atom stereocenters. The molecule has 0 radical (unpaired) electrons. The summed E-state index contributed by atoms with van der Waals surface area (Å²) in [5, 5.41) is 9.92. The number of nitrogens with zero attached hydrogens (tertiary/aromatic N) is 3. The molecule has 1 fully saturated rings. The number of nitrogens with one attached hydrogen (secondary N) is 1. The van der Waals surface area contributed by atoms with Gasteiger partial charge < -0.3 is 10.1 Å². The summed E-state index contributed by atoms with van der Waals surface area (Å²) in [5.74, 6) is 0.0311. The van der Waals surface area contributed by atoms with Crippen LogP contribution in [-0.2, 0) is 16.0 Å². The highest BCUT2D eigenvalue weighted by atomic mass is 32.1. The molecule has 0 bridgehead atoms. The minimum atomic E-state index is 0.0311. The van der Waals surface area contributed by atoms with Crippen LogP contribution < -0.4 is 5.32 Å². The van der Waals surface area contributed by atoms with E-state index in [-0.39, 0.29) is 11.9 Å². The van der Waals surface area contributed by atoms with Crippen molar-refractivity contribution < 1.29 is 9.53 Å². The number of morpholine rings is 1. The zero-order chi connectivity index (χ0) is 20.9. The highest BCUT2D eigenvalue weighted by Crippen LogP contribution is 2.25. The van der Waals surface area contributed by atoms with Crippen LogP contribution >= 0.6 is 11.3 Å². The van der Waals surface area contributed by atoms with E-state index in [0.29, 0.717) is 13.0 Å². The molecule has 3 heterocycles. The van der Waals surface area contributed by atoms with Gasteiger partial charge in [-0.05, 0) is 37.4 Å². The van der Waals surface area contributed by atoms with Crippen LogP contribution in [0.2, 0.25) is 0 Å². The zero-order valence-corrected chi connectivity index (χ0v) is 18.3. The molecule has 1 amide bonds. The van der Waals surface area contributed by atoms with Crippen LogP contribution in [0.5, 0.6) is 0 Å². The van der Waals surface area contributed by atoms with Crippen molar-refractivity contribution in [3.63, 3.8) is 0 Å². The number of para-hydroxylation sites is 1. The fraction of sp³-hybridized carbons (Fsp3) is 0.391. The Morgan fingerprint density at radius 2 is 1.93 bits per heavy atom. The average Bonchev–Trinajstić information content (AvgIpc) is 3.40. The molecule has 1 N–H and O–H groups in total. The molecule has 1 aliphatic rings. The molecule has 30 heavy (non-hydrogen) atoms. The fourth-order valence-corrected chi connectivity index (χ4v) is 4.83. The number of ether oxygens (including phenoxy) is 1. The molecule has 0 spiro atoms. The topological polar surface area (TPSA) is 59.4 Å². The Balaban J connectivity index is 1.43. The van der Waals surface area contributed by atoms with Gasteiger partial charge in [0, 0.05) is 35.8 Å². The van der Waals surface area contributed by atoms with Gasteiger partial charge in [-0.15, -0.1) is 11.3 Å². The lowest BCUT2D eigenvalue weighted by atomic mass is 10.1. The van der Waals surface area contributed by atoms with Gasteiger partial charge >= 0.3 is 0 Å². The summed E-state index contributed by atoms with van der Waals surface area (Å²) in [6.07, 6.45) is 0.338. The van der Waals surface area contributed by atoms with Gasteiger partial charge in [0.1, 0.15) is 0 Å². The Hall–Kier alpha value is -2.48. The highest BCUT2D eigenvalue weighted by molar-refractivity contribution is 7.10. The number of benzene rings is 1. The average molecular weight is 425 g/mol. The van der Waals surface area contributed by atoms with Crippen molar-refractivity contribution in [2.24, 2.45) is 0 Å². The molecular weight excluding hydrogens is 396 g/mol. The molecule has 1 unspecified atom stereocenters. The Morgan fingerprint density at radius 3 is 2.63 bits per heavy atom. The molecule has 7 heteroatoms. The van der Waals surface area contributed by atoms with Crippen molar-refractivity contribution >= 4 is 17.2 Å². The number of amides is 1. The van der Waals surface area contributed by atoms with Crippen molar-refractivity contribution in [3.8, 4) is 5.69 Å². The lowest BCUT2D eigenvalue weighted by molar-refractivity contribution is -0.120. The van der Waals surface area contributed by atoms with E-state index in [4.69, 9.17) is 4.74 Å². The number of aromatic nitrogens is 2. The van der Waals surface area contributed by atoms with E-state index in [9.17, 15) is 4.79 Å². The molecule has 4 rings (SSSR count). The van der Waals surface area contributed by atoms with Crippen LogP contribution in [0.1, 0.15) is 27.9 Å². The van der Waals surface area contributed by atoms with Gasteiger partial charge in [0.2, 0.25) is 5.91 Å². The molecule has 3 aromatic rings. The summed E-state index contributed by atoms with van der Waals surface area (Å²) in [5.41, 5.74) is 3.91. The molecular formula is C23H28N4O2S. The molecule has 0 saturated carbocycles. The Bertz CT molecular complexity index is 963. The van der Waals surface area contributed by atoms with E-state index in [1.807, 2.05) is 48.9 Å². The van der Waals surface area contributed by atoms with Crippen LogP contribution in [0.25, 0.3) is 5.69 Å². The van der Waals surface area contributed by atoms with Crippen molar-refractivity contribution in [2.45, 2.75) is 26.3 Å². The first-order chi connectivity index (χ1) is 14.6. The van der Waals surface area contributed by atoms with E-state index in [1.165, 1.54) is 4.88 Å². The molecule has 6 nitrogen and oxygen atoms in total. The summed E-state index contributed by atoms with van der Waals surface area (Å²) >= 11 is 1.74. The molecule has 1 aromatic carbocycles. The number of hydrogen-bond donors (Lipinski definition) is 1. The van der Waals surface area contributed by atoms with E-state index in [0.717, 1.165) is 48.9 Å². The van der Waals surface area contributed by atoms with Gasteiger partial charge in [-0.25, -0.2) is 4.68 Å². The lowest BCUT2D eigenvalue weighted by Gasteiger charge is -2.34. The Morgan fingerprint density at radius 1 is 1.17 bits per heavy atom. The molecule has 158 valence electrons. The number of thiophene rings is 1. The van der Waals surface area contributed by atoms with Gasteiger partial charge in [-0.3, -0.25) is 9.69 Å². The van der Waals surface area contributed by atoms with Gasteiger partial charge in [0.05, 0.1) is 37.1 Å². The Kier molecular flexibility index (Phi) is 6.62. The van der Waals surface area contributed by atoms with Crippen molar-refractivity contribution in [1.29, 1.82) is 0 Å². The smallest absolute Gasteiger partial charge is 0.224 e. The number of carbonyl (C=O) groups excluding carboxylic acids is 1. The second-order valence-corrected chi connectivity index (χ2v) is 8.54. The summed E-state index contributed by atoms with van der Waals surface area (Å²) < 4.78 is 7.42. The van der Waals surface area contributed by atoms with Gasteiger partial charge in [0.25, 0.3) is 0 Å². The first kappa shape index (κ1) is 20.8. The van der Waals surface area contributed by atoms with Crippen molar-refractivity contribution in [1.82, 2.24) is 20.0 Å². The predicted molar refractivity (Wildman–Crippen MR) is 119 cm³/mol. The number of hydrogen-bond acceptors (Lipinski definition) is 5. The largest absolute Gasteiger partial charge is 0.379 e. The summed E-state index contributed by atoms with van der Waals surface area (Å²) in [4.78, 5) is 16.5. The van der Waals surface area contributed by atoms with Gasteiger partial charge in [-0.2, -0.15) is 5.10 Å². The van der Waals surface area contributed by atoms with Crippen molar-refractivity contribution in [3.05, 3.63) is 69.7 Å². The van der Waals surface area contributed by atoms with E-state index >= 15 is 0 Å². The molecule has 1 aliphatic heterocycles. The normalized spacial score (nSPS) is 15.8. The highest BCUT2D eigenvalue weighted by Gasteiger charge is 2.24. The first-order valence-electron chi connectivity index (χ1n) is 10.4. The second-order valence-electron chi connectivity index (χ2n) is 7.56. The quantitative estimate of drug-likeness (QED) is 0.632. The summed E-state index contributed by atoms with van der Waals surface area (Å²) in [6.45, 7) is 7.86. The van der Waals surface area contributed by atoms with Crippen LogP contribution in [0.4, 0.5) is 0 Å². The van der Waals surface area contributed by atoms with Crippen LogP contribution in [-0.4, -0.2) is 53.4 Å². The first-order valence-corrected chi connectivity index (χ1v) is 11.2. The third-order valence-corrected chi connectivity index (χ3v) is 6.60.